The molecule has 1 aliphatic rings. The Hall–Kier alpha value is -4.86. The van der Waals surface area contributed by atoms with Gasteiger partial charge >= 0.3 is 12.1 Å². The van der Waals surface area contributed by atoms with Crippen molar-refractivity contribution < 1.29 is 33.8 Å². The highest BCUT2D eigenvalue weighted by Crippen LogP contribution is 2.22. The van der Waals surface area contributed by atoms with Crippen molar-refractivity contribution in [1.82, 2.24) is 10.2 Å². The van der Waals surface area contributed by atoms with Gasteiger partial charge in [-0.3, -0.25) is 14.9 Å². The van der Waals surface area contributed by atoms with E-state index in [-0.39, 0.29) is 37.0 Å². The van der Waals surface area contributed by atoms with Crippen molar-refractivity contribution >= 4 is 29.6 Å². The van der Waals surface area contributed by atoms with Gasteiger partial charge in [0.25, 0.3) is 0 Å². The standard InChI is InChI=1S/C36H43N3O7/c1-36(2,3)46-35(44)37-29-13-9-26(10-14-29)23-33(41)39-19-17-27(18-20-39)22-32(40)38-31(34(42)43)21-25-11-15-30(16-12-25)45-24-28-7-5-4-6-8-28/h4-16,27,31H,17-24H2,1-3H3,(H,37,44)(H,38,40)(H,42,43)/t31-/m0/s1. The molecule has 0 aromatic heterocycles. The lowest BCUT2D eigenvalue weighted by Gasteiger charge is -2.32. The predicted molar refractivity (Wildman–Crippen MR) is 174 cm³/mol. The lowest BCUT2D eigenvalue weighted by molar-refractivity contribution is -0.142. The van der Waals surface area contributed by atoms with Crippen molar-refractivity contribution in [2.75, 3.05) is 18.4 Å². The van der Waals surface area contributed by atoms with Gasteiger partial charge in [0.15, 0.2) is 0 Å². The monoisotopic (exact) mass is 629 g/mol. The summed E-state index contributed by atoms with van der Waals surface area (Å²) in [6, 6.07) is 23.0. The van der Waals surface area contributed by atoms with E-state index in [4.69, 9.17) is 9.47 Å². The van der Waals surface area contributed by atoms with Crippen LogP contribution >= 0.6 is 0 Å². The lowest BCUT2D eigenvalue weighted by atomic mass is 9.92. The summed E-state index contributed by atoms with van der Waals surface area (Å²) in [6.07, 6.45) is 1.40. The van der Waals surface area contributed by atoms with Crippen LogP contribution in [0.15, 0.2) is 78.9 Å². The maximum atomic E-state index is 12.9. The number of carbonyl (C=O) groups is 4. The number of piperidine rings is 1. The minimum Gasteiger partial charge on any atom is -0.489 e. The molecule has 3 amide bonds. The molecule has 1 heterocycles. The molecule has 0 aliphatic carbocycles. The average molecular weight is 630 g/mol. The molecule has 244 valence electrons. The van der Waals surface area contributed by atoms with Crippen LogP contribution in [0.3, 0.4) is 0 Å². The first-order valence-corrected chi connectivity index (χ1v) is 15.6. The summed E-state index contributed by atoms with van der Waals surface area (Å²) in [4.78, 5) is 51.4. The fourth-order valence-corrected chi connectivity index (χ4v) is 5.21. The van der Waals surface area contributed by atoms with Crippen LogP contribution in [0, 0.1) is 5.92 Å². The van der Waals surface area contributed by atoms with Gasteiger partial charge in [-0.05, 0) is 80.5 Å². The molecule has 3 aromatic carbocycles. The first-order chi connectivity index (χ1) is 21.9. The summed E-state index contributed by atoms with van der Waals surface area (Å²) in [5.74, 6) is -0.651. The molecule has 10 heteroatoms. The number of hydrogen-bond acceptors (Lipinski definition) is 6. The summed E-state index contributed by atoms with van der Waals surface area (Å²) in [5.41, 5.74) is 2.64. The number of carbonyl (C=O) groups excluding carboxylic acids is 3. The maximum absolute atomic E-state index is 12.9. The molecule has 46 heavy (non-hydrogen) atoms. The van der Waals surface area contributed by atoms with Crippen molar-refractivity contribution in [3.05, 3.63) is 95.6 Å². The van der Waals surface area contributed by atoms with Crippen LogP contribution in [0.4, 0.5) is 10.5 Å². The van der Waals surface area contributed by atoms with Gasteiger partial charge in [-0.25, -0.2) is 9.59 Å². The Bertz CT molecular complexity index is 1460. The van der Waals surface area contributed by atoms with Crippen molar-refractivity contribution in [2.45, 2.75) is 71.1 Å². The third-order valence-corrected chi connectivity index (χ3v) is 7.64. The average Bonchev–Trinajstić information content (AvgIpc) is 3.01. The zero-order valence-corrected chi connectivity index (χ0v) is 26.7. The van der Waals surface area contributed by atoms with Gasteiger partial charge in [-0.15, -0.1) is 0 Å². The predicted octanol–water partition coefficient (Wildman–Crippen LogP) is 5.60. The number of aliphatic carboxylic acids is 1. The van der Waals surface area contributed by atoms with Crippen LogP contribution in [-0.4, -0.2) is 58.6 Å². The van der Waals surface area contributed by atoms with Crippen molar-refractivity contribution in [2.24, 2.45) is 5.92 Å². The number of amides is 3. The number of nitrogens with one attached hydrogen (secondary N) is 2. The Morgan fingerprint density at radius 1 is 0.870 bits per heavy atom. The highest BCUT2D eigenvalue weighted by atomic mass is 16.6. The molecule has 0 unspecified atom stereocenters. The largest absolute Gasteiger partial charge is 0.489 e. The molecular formula is C36H43N3O7. The molecule has 10 nitrogen and oxygen atoms in total. The van der Waals surface area contributed by atoms with Gasteiger partial charge in [0, 0.05) is 31.6 Å². The van der Waals surface area contributed by atoms with E-state index in [9.17, 15) is 24.3 Å². The third kappa shape index (κ3) is 11.3. The van der Waals surface area contributed by atoms with Crippen LogP contribution in [-0.2, 0) is 38.6 Å². The highest BCUT2D eigenvalue weighted by molar-refractivity contribution is 5.85. The molecule has 1 fully saturated rings. The van der Waals surface area contributed by atoms with Crippen LogP contribution < -0.4 is 15.4 Å². The first kappa shape index (κ1) is 34.0. The van der Waals surface area contributed by atoms with Gasteiger partial charge in [-0.2, -0.15) is 0 Å². The smallest absolute Gasteiger partial charge is 0.412 e. The zero-order valence-electron chi connectivity index (χ0n) is 26.7. The molecule has 0 bridgehead atoms. The minimum absolute atomic E-state index is 0.00169. The minimum atomic E-state index is -1.09. The summed E-state index contributed by atoms with van der Waals surface area (Å²) < 4.78 is 11.1. The highest BCUT2D eigenvalue weighted by Gasteiger charge is 2.27. The summed E-state index contributed by atoms with van der Waals surface area (Å²) in [6.45, 7) is 6.89. The molecule has 1 saturated heterocycles. The van der Waals surface area contributed by atoms with Crippen molar-refractivity contribution in [3.8, 4) is 5.75 Å². The normalized spacial score (nSPS) is 14.2. The van der Waals surface area contributed by atoms with E-state index in [0.29, 0.717) is 44.0 Å². The van der Waals surface area contributed by atoms with E-state index in [2.05, 4.69) is 10.6 Å². The second-order valence-electron chi connectivity index (χ2n) is 12.6. The summed E-state index contributed by atoms with van der Waals surface area (Å²) in [5, 5.41) is 15.1. The van der Waals surface area contributed by atoms with Gasteiger partial charge in [0.2, 0.25) is 11.8 Å². The Morgan fingerprint density at radius 2 is 1.50 bits per heavy atom. The van der Waals surface area contributed by atoms with E-state index < -0.39 is 23.7 Å². The summed E-state index contributed by atoms with van der Waals surface area (Å²) >= 11 is 0. The number of hydrogen-bond donors (Lipinski definition) is 3. The van der Waals surface area contributed by atoms with E-state index >= 15 is 0 Å². The van der Waals surface area contributed by atoms with E-state index in [1.807, 2.05) is 42.5 Å². The van der Waals surface area contributed by atoms with Crippen molar-refractivity contribution in [3.63, 3.8) is 0 Å². The molecule has 0 radical (unpaired) electrons. The molecule has 0 saturated carbocycles. The van der Waals surface area contributed by atoms with Crippen molar-refractivity contribution in [1.29, 1.82) is 0 Å². The topological polar surface area (TPSA) is 134 Å². The van der Waals surface area contributed by atoms with Gasteiger partial charge in [0.05, 0.1) is 6.42 Å². The first-order valence-electron chi connectivity index (χ1n) is 15.6. The molecule has 3 N–H and O–H groups in total. The van der Waals surface area contributed by atoms with Gasteiger partial charge < -0.3 is 24.8 Å². The number of carboxylic acids is 1. The Balaban J connectivity index is 1.17. The number of anilines is 1. The number of rotatable bonds is 12. The number of nitrogens with zero attached hydrogens (tertiary/aromatic N) is 1. The van der Waals surface area contributed by atoms with E-state index in [1.54, 1.807) is 62.1 Å². The zero-order chi connectivity index (χ0) is 33.1. The SMILES string of the molecule is CC(C)(C)OC(=O)Nc1ccc(CC(=O)N2CCC(CC(=O)N[C@@H](Cc3ccc(OCc4ccccc4)cc3)C(=O)O)CC2)cc1. The molecule has 1 aliphatic heterocycles. The Labute approximate surface area is 270 Å². The summed E-state index contributed by atoms with van der Waals surface area (Å²) in [7, 11) is 0. The molecular weight excluding hydrogens is 586 g/mol. The molecule has 3 aromatic rings. The molecule has 4 rings (SSSR count). The number of carboxylic acid groups (broad SMARTS) is 1. The molecule has 0 spiro atoms. The Kier molecular flexibility index (Phi) is 11.8. The Morgan fingerprint density at radius 3 is 2.11 bits per heavy atom. The van der Waals surface area contributed by atoms with Gasteiger partial charge in [0.1, 0.15) is 24.0 Å². The second kappa shape index (κ2) is 15.9. The lowest BCUT2D eigenvalue weighted by Crippen LogP contribution is -2.44. The second-order valence-corrected chi connectivity index (χ2v) is 12.6. The fraction of sp³-hybridized carbons (Fsp3) is 0.389. The molecule has 1 atom stereocenters. The van der Waals surface area contributed by atoms with Crippen LogP contribution in [0.1, 0.15) is 56.7 Å². The van der Waals surface area contributed by atoms with E-state index in [0.717, 1.165) is 16.7 Å². The fourth-order valence-electron chi connectivity index (χ4n) is 5.21. The quantitative estimate of drug-likeness (QED) is 0.238. The van der Waals surface area contributed by atoms with E-state index in [1.165, 1.54) is 0 Å². The van der Waals surface area contributed by atoms with Crippen LogP contribution in [0.25, 0.3) is 0 Å². The number of likely N-dealkylation sites (tertiary alicyclic amines) is 1. The van der Waals surface area contributed by atoms with Gasteiger partial charge in [-0.1, -0.05) is 54.6 Å². The number of ether oxygens (including phenoxy) is 2. The number of benzene rings is 3. The van der Waals surface area contributed by atoms with Crippen LogP contribution in [0.2, 0.25) is 0 Å². The van der Waals surface area contributed by atoms with Crippen LogP contribution in [0.5, 0.6) is 5.75 Å². The third-order valence-electron chi connectivity index (χ3n) is 7.64. The maximum Gasteiger partial charge on any atom is 0.412 e.